The average molecular weight is 492 g/mol. The van der Waals surface area contributed by atoms with Gasteiger partial charge in [-0.15, -0.1) is 0 Å². The van der Waals surface area contributed by atoms with Crippen LogP contribution in [0.2, 0.25) is 0 Å². The van der Waals surface area contributed by atoms with Gasteiger partial charge in [0.05, 0.1) is 6.10 Å². The van der Waals surface area contributed by atoms with Gasteiger partial charge in [-0.2, -0.15) is 0 Å². The van der Waals surface area contributed by atoms with E-state index in [1.165, 1.54) is 16.5 Å². The summed E-state index contributed by atoms with van der Waals surface area (Å²) in [5.74, 6) is -0.0218. The Balaban J connectivity index is 1.21. The molecular formula is C32H33N3O2. The van der Waals surface area contributed by atoms with Crippen molar-refractivity contribution >= 4 is 33.7 Å². The second-order valence-electron chi connectivity index (χ2n) is 9.79. The predicted molar refractivity (Wildman–Crippen MR) is 152 cm³/mol. The molecule has 0 fully saturated rings. The molecule has 5 aromatic rings. The number of H-pyrrole nitrogens is 1. The van der Waals surface area contributed by atoms with Crippen molar-refractivity contribution in [3.05, 3.63) is 113 Å². The molecule has 3 aromatic carbocycles. The molecule has 188 valence electrons. The average Bonchev–Trinajstić information content (AvgIpc) is 3.46. The van der Waals surface area contributed by atoms with Crippen molar-refractivity contribution in [2.24, 2.45) is 0 Å². The van der Waals surface area contributed by atoms with Gasteiger partial charge in [-0.3, -0.25) is 4.79 Å². The van der Waals surface area contributed by atoms with Gasteiger partial charge >= 0.3 is 0 Å². The minimum absolute atomic E-state index is 0.0218. The van der Waals surface area contributed by atoms with E-state index in [0.717, 1.165) is 40.5 Å². The maximum Gasteiger partial charge on any atom is 0.185 e. The van der Waals surface area contributed by atoms with Gasteiger partial charge in [-0.05, 0) is 62.7 Å². The molecule has 0 aliphatic heterocycles. The Morgan fingerprint density at radius 1 is 1.03 bits per heavy atom. The maximum atomic E-state index is 12.6. The number of aromatic nitrogens is 2. The largest absolute Gasteiger partial charge is 0.390 e. The van der Waals surface area contributed by atoms with Gasteiger partial charge in [-0.1, -0.05) is 59.7 Å². The number of aryl methyl sites for hydroxylation is 2. The SMILES string of the molecule is Cc1ccc(C(=O)/C=C/c2cn(C[C@H](O)CNCCc3c[nH]c4ccc(C)cc34)c3ccccc23)cc1. The van der Waals surface area contributed by atoms with Crippen LogP contribution in [0.3, 0.4) is 0 Å². The van der Waals surface area contributed by atoms with Crippen molar-refractivity contribution in [2.45, 2.75) is 32.9 Å². The number of aliphatic hydroxyl groups is 1. The number of hydrogen-bond acceptors (Lipinski definition) is 3. The van der Waals surface area contributed by atoms with E-state index in [4.69, 9.17) is 0 Å². The lowest BCUT2D eigenvalue weighted by Crippen LogP contribution is -2.31. The molecule has 37 heavy (non-hydrogen) atoms. The Morgan fingerprint density at radius 3 is 2.65 bits per heavy atom. The lowest BCUT2D eigenvalue weighted by Gasteiger charge is -2.14. The highest BCUT2D eigenvalue weighted by Gasteiger charge is 2.11. The molecule has 0 radical (unpaired) electrons. The Labute approximate surface area is 217 Å². The molecule has 5 rings (SSSR count). The Kier molecular flexibility index (Phi) is 7.35. The van der Waals surface area contributed by atoms with Gasteiger partial charge in [-0.25, -0.2) is 0 Å². The first kappa shape index (κ1) is 24.8. The quantitative estimate of drug-likeness (QED) is 0.131. The van der Waals surface area contributed by atoms with Crippen LogP contribution in [0.25, 0.3) is 27.9 Å². The number of para-hydroxylation sites is 1. The number of aromatic amines is 1. The molecule has 0 aliphatic carbocycles. The standard InChI is InChI=1S/C32H33N3O2/c1-22-7-10-24(11-8-22)32(37)14-12-26-20-35(31-6-4-3-5-28(26)31)21-27(36)19-33-16-15-25-18-34-30-13-9-23(2)17-29(25)30/h3-14,17-18,20,27,33-34,36H,15-16,19,21H2,1-2H3/b14-12+/t27-/m1/s1. The number of hydrogen-bond donors (Lipinski definition) is 3. The van der Waals surface area contributed by atoms with Gasteiger partial charge < -0.3 is 20.0 Å². The van der Waals surface area contributed by atoms with E-state index in [0.29, 0.717) is 18.7 Å². The van der Waals surface area contributed by atoms with E-state index in [9.17, 15) is 9.90 Å². The number of fused-ring (bicyclic) bond motifs is 2. The molecule has 0 saturated carbocycles. The van der Waals surface area contributed by atoms with Crippen molar-refractivity contribution in [1.29, 1.82) is 0 Å². The van der Waals surface area contributed by atoms with Crippen LogP contribution in [0.1, 0.15) is 32.6 Å². The molecule has 5 nitrogen and oxygen atoms in total. The summed E-state index contributed by atoms with van der Waals surface area (Å²) in [6.07, 6.45) is 7.95. The van der Waals surface area contributed by atoms with Crippen molar-refractivity contribution in [1.82, 2.24) is 14.9 Å². The number of nitrogens with one attached hydrogen (secondary N) is 2. The number of carbonyl (C=O) groups excluding carboxylic acids is 1. The summed E-state index contributed by atoms with van der Waals surface area (Å²) in [5.41, 5.74) is 7.51. The molecule has 0 spiro atoms. The summed E-state index contributed by atoms with van der Waals surface area (Å²) in [5, 5.41) is 16.5. The van der Waals surface area contributed by atoms with E-state index in [1.807, 2.05) is 61.7 Å². The molecule has 2 heterocycles. The molecule has 1 atom stereocenters. The minimum atomic E-state index is -0.535. The van der Waals surface area contributed by atoms with Crippen LogP contribution in [-0.2, 0) is 13.0 Å². The van der Waals surface area contributed by atoms with E-state index in [-0.39, 0.29) is 5.78 Å². The first-order valence-electron chi connectivity index (χ1n) is 12.8. The Hall–Kier alpha value is -3.93. The highest BCUT2D eigenvalue weighted by molar-refractivity contribution is 6.07. The van der Waals surface area contributed by atoms with E-state index < -0.39 is 6.10 Å². The lowest BCUT2D eigenvalue weighted by molar-refractivity contribution is 0.104. The van der Waals surface area contributed by atoms with Gasteiger partial charge in [0.2, 0.25) is 0 Å². The lowest BCUT2D eigenvalue weighted by atomic mass is 10.1. The topological polar surface area (TPSA) is 70.1 Å². The molecule has 0 bridgehead atoms. The van der Waals surface area contributed by atoms with Gasteiger partial charge in [0, 0.05) is 58.4 Å². The smallest absolute Gasteiger partial charge is 0.185 e. The number of allylic oxidation sites excluding steroid dienone is 1. The fourth-order valence-corrected chi connectivity index (χ4v) is 4.82. The van der Waals surface area contributed by atoms with E-state index in [1.54, 1.807) is 6.08 Å². The van der Waals surface area contributed by atoms with Crippen molar-refractivity contribution in [3.63, 3.8) is 0 Å². The monoisotopic (exact) mass is 491 g/mol. The van der Waals surface area contributed by atoms with Crippen molar-refractivity contribution in [3.8, 4) is 0 Å². The minimum Gasteiger partial charge on any atom is -0.390 e. The number of ketones is 1. The van der Waals surface area contributed by atoms with Crippen molar-refractivity contribution < 1.29 is 9.90 Å². The number of nitrogens with zero attached hydrogens (tertiary/aromatic N) is 1. The molecular weight excluding hydrogens is 458 g/mol. The first-order chi connectivity index (χ1) is 18.0. The van der Waals surface area contributed by atoms with Gasteiger partial charge in [0.15, 0.2) is 5.78 Å². The summed E-state index contributed by atoms with van der Waals surface area (Å²) >= 11 is 0. The van der Waals surface area contributed by atoms with Crippen LogP contribution in [0.5, 0.6) is 0 Å². The molecule has 0 unspecified atom stereocenters. The van der Waals surface area contributed by atoms with Crippen LogP contribution in [0.4, 0.5) is 0 Å². The summed E-state index contributed by atoms with van der Waals surface area (Å²) in [7, 11) is 0. The molecule has 5 heteroatoms. The molecule has 0 amide bonds. The van der Waals surface area contributed by atoms with Crippen LogP contribution in [-0.4, -0.2) is 39.6 Å². The zero-order valence-electron chi connectivity index (χ0n) is 21.4. The van der Waals surface area contributed by atoms with Crippen LogP contribution in [0, 0.1) is 13.8 Å². The van der Waals surface area contributed by atoms with Crippen LogP contribution >= 0.6 is 0 Å². The molecule has 2 aromatic heterocycles. The number of rotatable bonds is 10. The Bertz CT molecular complexity index is 1560. The summed E-state index contributed by atoms with van der Waals surface area (Å²) in [4.78, 5) is 16.0. The van der Waals surface area contributed by atoms with Gasteiger partial charge in [0.25, 0.3) is 0 Å². The van der Waals surface area contributed by atoms with Crippen molar-refractivity contribution in [2.75, 3.05) is 13.1 Å². The highest BCUT2D eigenvalue weighted by atomic mass is 16.3. The third-order valence-corrected chi connectivity index (χ3v) is 6.85. The number of aliphatic hydroxyl groups excluding tert-OH is 1. The number of carbonyl (C=O) groups is 1. The van der Waals surface area contributed by atoms with E-state index in [2.05, 4.69) is 52.3 Å². The Morgan fingerprint density at radius 2 is 1.81 bits per heavy atom. The first-order valence-corrected chi connectivity index (χ1v) is 12.8. The van der Waals surface area contributed by atoms with Crippen LogP contribution in [0.15, 0.2) is 85.2 Å². The second kappa shape index (κ2) is 11.0. The third-order valence-electron chi connectivity index (χ3n) is 6.85. The van der Waals surface area contributed by atoms with Gasteiger partial charge in [0.1, 0.15) is 0 Å². The third kappa shape index (κ3) is 5.74. The maximum absolute atomic E-state index is 12.6. The zero-order chi connectivity index (χ0) is 25.8. The van der Waals surface area contributed by atoms with Crippen LogP contribution < -0.4 is 5.32 Å². The fourth-order valence-electron chi connectivity index (χ4n) is 4.82. The normalized spacial score (nSPS) is 12.6. The fraction of sp³-hybridized carbons (Fsp3) is 0.219. The highest BCUT2D eigenvalue weighted by Crippen LogP contribution is 2.23. The molecule has 3 N–H and O–H groups in total. The molecule has 0 saturated heterocycles. The predicted octanol–water partition coefficient (Wildman–Crippen LogP) is 5.83. The summed E-state index contributed by atoms with van der Waals surface area (Å²) in [6, 6.07) is 22.2. The molecule has 0 aliphatic rings. The summed E-state index contributed by atoms with van der Waals surface area (Å²) < 4.78 is 2.07. The summed E-state index contributed by atoms with van der Waals surface area (Å²) in [6.45, 7) is 5.89. The second-order valence-corrected chi connectivity index (χ2v) is 9.79. The van der Waals surface area contributed by atoms with E-state index >= 15 is 0 Å². The number of benzene rings is 3. The zero-order valence-corrected chi connectivity index (χ0v) is 21.4.